The van der Waals surface area contributed by atoms with Crippen LogP contribution in [0.1, 0.15) is 119 Å². The number of carbonyl (C=O) groups excluding carboxylic acids is 7. The van der Waals surface area contributed by atoms with E-state index in [1.165, 1.54) is 4.90 Å². The number of Topliss-reactive ketones (excluding diaryl/α,β-unsaturated/α-hetero) is 1. The molecule has 4 aromatic carbocycles. The third kappa shape index (κ3) is 12.2. The summed E-state index contributed by atoms with van der Waals surface area (Å²) in [6.45, 7) is 11.4. The summed E-state index contributed by atoms with van der Waals surface area (Å²) in [7, 11) is 3.34. The van der Waals surface area contributed by atoms with Crippen LogP contribution in [0.3, 0.4) is 0 Å². The Morgan fingerprint density at radius 3 is 1.67 bits per heavy atom. The van der Waals surface area contributed by atoms with Crippen LogP contribution in [0.15, 0.2) is 103 Å². The standard InChI is InChI=1S/C56H65N5O9/c1-55(2,3)69-47(63)33-40(36-17-11-9-12-18-36)52(66)60-29-15-21-44(60)46(62)32-35-23-28-43-42(31-35)49(54(68)59(7)8)50(58-43)38-24-26-39(27-25-38)57-51(65)45-22-16-30-61(45)53(67)41(37-19-13-10-14-20-37)34-48(64)70-56(4,5)6/h9-14,17-20,23-28,31,40-41,44-45,58H,15-16,21-22,29-30,32-34H2,1-8H3,(H,57,65)/t40-,41-,44+,45+/m1/s1. The quantitative estimate of drug-likeness (QED) is 0.0974. The number of likely N-dealkylation sites (tertiary alicyclic amines) is 2. The Labute approximate surface area is 410 Å². The van der Waals surface area contributed by atoms with Crippen molar-refractivity contribution in [2.24, 2.45) is 0 Å². The molecule has 2 aliphatic rings. The lowest BCUT2D eigenvalue weighted by Crippen LogP contribution is -2.45. The number of ketones is 1. The van der Waals surface area contributed by atoms with Crippen LogP contribution in [0.5, 0.6) is 0 Å². The van der Waals surface area contributed by atoms with Crippen molar-refractivity contribution in [3.63, 3.8) is 0 Å². The number of amides is 4. The van der Waals surface area contributed by atoms with E-state index in [0.29, 0.717) is 88.9 Å². The SMILES string of the molecule is CN(C)C(=O)c1c(-c2ccc(NC(=O)[C@@H]3CCCN3C(=O)[C@H](CC(=O)OC(C)(C)C)c3ccccc3)cc2)[nH]c2ccc(CC(=O)[C@@H]3CCCN3C(=O)[C@H](CC(=O)OC(C)(C)C)c3ccccc3)cc12. The lowest BCUT2D eigenvalue weighted by molar-refractivity contribution is -0.158. The van der Waals surface area contributed by atoms with Gasteiger partial charge in [-0.1, -0.05) is 78.9 Å². The number of rotatable bonds is 15. The molecule has 4 atom stereocenters. The number of nitrogens with zero attached hydrogens (tertiary/aromatic N) is 3. The third-order valence-electron chi connectivity index (χ3n) is 12.6. The summed E-state index contributed by atoms with van der Waals surface area (Å²) < 4.78 is 11.2. The highest BCUT2D eigenvalue weighted by Crippen LogP contribution is 2.35. The van der Waals surface area contributed by atoms with Crippen molar-refractivity contribution in [1.82, 2.24) is 19.7 Å². The van der Waals surface area contributed by atoms with Gasteiger partial charge in [-0.2, -0.15) is 0 Å². The fourth-order valence-electron chi connectivity index (χ4n) is 9.51. The second kappa shape index (κ2) is 21.3. The van der Waals surface area contributed by atoms with Gasteiger partial charge in [0.15, 0.2) is 5.78 Å². The molecule has 3 heterocycles. The number of aromatic amines is 1. The van der Waals surface area contributed by atoms with E-state index in [2.05, 4.69) is 10.3 Å². The number of ether oxygens (including phenoxy) is 2. The van der Waals surface area contributed by atoms with Gasteiger partial charge in [0.2, 0.25) is 17.7 Å². The highest BCUT2D eigenvalue weighted by molar-refractivity contribution is 6.12. The summed E-state index contributed by atoms with van der Waals surface area (Å²) in [5, 5.41) is 3.61. The maximum atomic E-state index is 14.3. The van der Waals surface area contributed by atoms with Gasteiger partial charge in [0.1, 0.15) is 17.2 Å². The molecule has 7 rings (SSSR count). The van der Waals surface area contributed by atoms with Crippen LogP contribution >= 0.6 is 0 Å². The minimum Gasteiger partial charge on any atom is -0.460 e. The first-order chi connectivity index (χ1) is 33.2. The predicted octanol–water partition coefficient (Wildman–Crippen LogP) is 8.60. The normalized spacial score (nSPS) is 16.9. The van der Waals surface area contributed by atoms with Crippen LogP contribution in [0.2, 0.25) is 0 Å². The molecule has 368 valence electrons. The number of aromatic nitrogens is 1. The van der Waals surface area contributed by atoms with Crippen molar-refractivity contribution in [2.75, 3.05) is 32.5 Å². The highest BCUT2D eigenvalue weighted by Gasteiger charge is 2.41. The van der Waals surface area contributed by atoms with Gasteiger partial charge in [0.05, 0.1) is 42.0 Å². The minimum atomic E-state index is -0.819. The van der Waals surface area contributed by atoms with Crippen LogP contribution < -0.4 is 5.32 Å². The molecule has 70 heavy (non-hydrogen) atoms. The molecule has 2 fully saturated rings. The van der Waals surface area contributed by atoms with Gasteiger partial charge in [-0.15, -0.1) is 0 Å². The van der Waals surface area contributed by atoms with E-state index in [0.717, 1.165) is 0 Å². The molecule has 0 spiro atoms. The van der Waals surface area contributed by atoms with E-state index in [9.17, 15) is 33.6 Å². The Morgan fingerprint density at radius 2 is 1.17 bits per heavy atom. The molecule has 0 aliphatic carbocycles. The number of anilines is 1. The van der Waals surface area contributed by atoms with Crippen LogP contribution in [0.25, 0.3) is 22.2 Å². The Kier molecular flexibility index (Phi) is 15.4. The van der Waals surface area contributed by atoms with Gasteiger partial charge in [-0.3, -0.25) is 33.6 Å². The van der Waals surface area contributed by atoms with E-state index in [4.69, 9.17) is 9.47 Å². The van der Waals surface area contributed by atoms with Crippen LogP contribution in [-0.4, -0.2) is 112 Å². The maximum absolute atomic E-state index is 14.3. The second-order valence-corrected chi connectivity index (χ2v) is 20.6. The first-order valence-corrected chi connectivity index (χ1v) is 24.1. The van der Waals surface area contributed by atoms with Crippen molar-refractivity contribution in [2.45, 2.75) is 122 Å². The Morgan fingerprint density at radius 1 is 0.671 bits per heavy atom. The molecule has 0 unspecified atom stereocenters. The number of carbonyl (C=O) groups is 7. The minimum absolute atomic E-state index is 0.0254. The Balaban J connectivity index is 1.07. The molecule has 0 radical (unpaired) electrons. The number of nitrogens with one attached hydrogen (secondary N) is 2. The molecule has 2 aliphatic heterocycles. The number of H-pyrrole nitrogens is 1. The van der Waals surface area contributed by atoms with E-state index < -0.39 is 47.1 Å². The molecule has 4 amide bonds. The van der Waals surface area contributed by atoms with Crippen molar-refractivity contribution in [1.29, 1.82) is 0 Å². The van der Waals surface area contributed by atoms with Crippen LogP contribution in [0, 0.1) is 0 Å². The number of fused-ring (bicyclic) bond motifs is 1. The largest absolute Gasteiger partial charge is 0.460 e. The number of hydrogen-bond donors (Lipinski definition) is 2. The molecule has 2 saturated heterocycles. The summed E-state index contributed by atoms with van der Waals surface area (Å²) in [5.41, 5.74) is 3.43. The molecule has 1 aromatic heterocycles. The first-order valence-electron chi connectivity index (χ1n) is 24.1. The smallest absolute Gasteiger partial charge is 0.307 e. The van der Waals surface area contributed by atoms with Crippen molar-refractivity contribution < 1.29 is 43.0 Å². The monoisotopic (exact) mass is 951 g/mol. The van der Waals surface area contributed by atoms with Crippen molar-refractivity contribution in [3.8, 4) is 11.3 Å². The lowest BCUT2D eigenvalue weighted by atomic mass is 9.93. The summed E-state index contributed by atoms with van der Waals surface area (Å²) in [6.07, 6.45) is 1.95. The molecule has 5 aromatic rings. The topological polar surface area (TPSA) is 175 Å². The fourth-order valence-corrected chi connectivity index (χ4v) is 9.51. The average Bonchev–Trinajstić information content (AvgIpc) is 4.09. The van der Waals surface area contributed by atoms with E-state index >= 15 is 0 Å². The van der Waals surface area contributed by atoms with Crippen molar-refractivity contribution in [3.05, 3.63) is 125 Å². The molecule has 2 N–H and O–H groups in total. The zero-order chi connectivity index (χ0) is 50.5. The van der Waals surface area contributed by atoms with E-state index in [-0.39, 0.29) is 48.7 Å². The second-order valence-electron chi connectivity index (χ2n) is 20.6. The van der Waals surface area contributed by atoms with Gasteiger partial charge < -0.3 is 34.5 Å². The van der Waals surface area contributed by atoms with Crippen molar-refractivity contribution >= 4 is 57.9 Å². The zero-order valence-electron chi connectivity index (χ0n) is 41.5. The Bertz CT molecular complexity index is 2730. The number of esters is 2. The molecule has 0 saturated carbocycles. The average molecular weight is 952 g/mol. The summed E-state index contributed by atoms with van der Waals surface area (Å²) in [6, 6.07) is 29.4. The summed E-state index contributed by atoms with van der Waals surface area (Å²) >= 11 is 0. The predicted molar refractivity (Wildman–Crippen MR) is 268 cm³/mol. The van der Waals surface area contributed by atoms with Gasteiger partial charge in [-0.05, 0) is 114 Å². The van der Waals surface area contributed by atoms with Crippen LogP contribution in [0.4, 0.5) is 5.69 Å². The van der Waals surface area contributed by atoms with Gasteiger partial charge in [-0.25, -0.2) is 0 Å². The summed E-state index contributed by atoms with van der Waals surface area (Å²) in [4.78, 5) is 105. The molecule has 14 heteroatoms. The number of hydrogen-bond acceptors (Lipinski definition) is 9. The molecular formula is C56H65N5O9. The molecule has 14 nitrogen and oxygen atoms in total. The fraction of sp³-hybridized carbons (Fsp3) is 0.411. The lowest BCUT2D eigenvalue weighted by Gasteiger charge is -2.29. The van der Waals surface area contributed by atoms with Crippen LogP contribution in [-0.2, 0) is 44.7 Å². The highest BCUT2D eigenvalue weighted by atomic mass is 16.6. The first kappa shape index (κ1) is 50.8. The summed E-state index contributed by atoms with van der Waals surface area (Å²) in [5.74, 6) is -3.95. The van der Waals surface area contributed by atoms with E-state index in [1.807, 2.05) is 66.7 Å². The zero-order valence-corrected chi connectivity index (χ0v) is 41.5. The molecule has 0 bridgehead atoms. The van der Waals surface area contributed by atoms with Gasteiger partial charge in [0, 0.05) is 50.2 Å². The Hall–Kier alpha value is -7.09. The number of benzene rings is 4. The van der Waals surface area contributed by atoms with Gasteiger partial charge in [0.25, 0.3) is 5.91 Å². The molecular weight excluding hydrogens is 887 g/mol. The maximum Gasteiger partial charge on any atom is 0.307 e. The third-order valence-corrected chi connectivity index (χ3v) is 12.6. The van der Waals surface area contributed by atoms with E-state index in [1.54, 1.807) is 102 Å². The van der Waals surface area contributed by atoms with Gasteiger partial charge >= 0.3 is 11.9 Å².